The standard InChI is InChI=1S/C21H35NO2/c23-20-13-17-11-15-7-5-4-6-14(15)10-16(17)12-19(20)21(24)22-18-8-2-1-3-9-18/h14-20,23H,1-13H2,(H,22,24). The molecule has 0 heterocycles. The van der Waals surface area contributed by atoms with Gasteiger partial charge in [-0.3, -0.25) is 4.79 Å². The van der Waals surface area contributed by atoms with Crippen LogP contribution in [0.1, 0.15) is 83.5 Å². The first-order valence-electron chi connectivity index (χ1n) is 10.7. The number of carbonyl (C=O) groups excluding carboxylic acids is 1. The molecule has 0 aromatic rings. The molecule has 2 N–H and O–H groups in total. The van der Waals surface area contributed by atoms with Gasteiger partial charge in [-0.1, -0.05) is 44.9 Å². The van der Waals surface area contributed by atoms with Crippen LogP contribution in [0.15, 0.2) is 0 Å². The molecule has 4 rings (SSSR count). The minimum absolute atomic E-state index is 0.145. The van der Waals surface area contributed by atoms with Gasteiger partial charge in [0.15, 0.2) is 0 Å². The second-order valence-corrected chi connectivity index (χ2v) is 9.28. The summed E-state index contributed by atoms with van der Waals surface area (Å²) in [4.78, 5) is 12.8. The van der Waals surface area contributed by atoms with E-state index in [1.165, 1.54) is 57.8 Å². The van der Waals surface area contributed by atoms with Crippen molar-refractivity contribution in [3.05, 3.63) is 0 Å². The van der Waals surface area contributed by atoms with Gasteiger partial charge in [-0.2, -0.15) is 0 Å². The van der Waals surface area contributed by atoms with Crippen molar-refractivity contribution in [2.45, 2.75) is 95.6 Å². The number of rotatable bonds is 2. The van der Waals surface area contributed by atoms with Gasteiger partial charge in [-0.05, 0) is 62.2 Å². The van der Waals surface area contributed by atoms with E-state index >= 15 is 0 Å². The van der Waals surface area contributed by atoms with Gasteiger partial charge in [0.05, 0.1) is 12.0 Å². The van der Waals surface area contributed by atoms with E-state index in [9.17, 15) is 9.90 Å². The molecule has 0 radical (unpaired) electrons. The Morgan fingerprint density at radius 2 is 1.29 bits per heavy atom. The Morgan fingerprint density at radius 1 is 0.708 bits per heavy atom. The molecule has 24 heavy (non-hydrogen) atoms. The first kappa shape index (κ1) is 16.9. The minimum atomic E-state index is -0.407. The number of amides is 1. The van der Waals surface area contributed by atoms with Crippen LogP contribution < -0.4 is 5.32 Å². The van der Waals surface area contributed by atoms with Crippen LogP contribution in [0.5, 0.6) is 0 Å². The largest absolute Gasteiger partial charge is 0.392 e. The van der Waals surface area contributed by atoms with Crippen LogP contribution in [-0.2, 0) is 4.79 Å². The summed E-state index contributed by atoms with van der Waals surface area (Å²) in [6, 6.07) is 0.366. The van der Waals surface area contributed by atoms with Gasteiger partial charge in [0.2, 0.25) is 5.91 Å². The number of nitrogens with one attached hydrogen (secondary N) is 1. The SMILES string of the molecule is O=C(NC1CCCCC1)C1CC2CC3CCCCC3CC2CC1O. The highest BCUT2D eigenvalue weighted by Gasteiger charge is 2.45. The van der Waals surface area contributed by atoms with Crippen molar-refractivity contribution in [3.63, 3.8) is 0 Å². The zero-order chi connectivity index (χ0) is 16.5. The molecule has 0 spiro atoms. The van der Waals surface area contributed by atoms with E-state index < -0.39 is 6.10 Å². The minimum Gasteiger partial charge on any atom is -0.392 e. The summed E-state index contributed by atoms with van der Waals surface area (Å²) >= 11 is 0. The first-order chi connectivity index (χ1) is 11.7. The first-order valence-corrected chi connectivity index (χ1v) is 10.7. The second kappa shape index (κ2) is 7.35. The molecule has 0 bridgehead atoms. The second-order valence-electron chi connectivity index (χ2n) is 9.28. The van der Waals surface area contributed by atoms with Crippen LogP contribution >= 0.6 is 0 Å². The van der Waals surface area contributed by atoms with Crippen molar-refractivity contribution in [1.82, 2.24) is 5.32 Å². The van der Waals surface area contributed by atoms with Crippen LogP contribution in [0, 0.1) is 29.6 Å². The third-order valence-corrected chi connectivity index (χ3v) is 7.80. The predicted octanol–water partition coefficient (Wildman–Crippen LogP) is 4.04. The number of hydrogen-bond donors (Lipinski definition) is 2. The molecule has 0 saturated heterocycles. The Hall–Kier alpha value is -0.570. The third kappa shape index (κ3) is 3.52. The quantitative estimate of drug-likeness (QED) is 0.801. The molecule has 136 valence electrons. The van der Waals surface area contributed by atoms with E-state index in [1.807, 2.05) is 0 Å². The fraction of sp³-hybridized carbons (Fsp3) is 0.952. The van der Waals surface area contributed by atoms with Crippen molar-refractivity contribution in [1.29, 1.82) is 0 Å². The lowest BCUT2D eigenvalue weighted by Gasteiger charge is -2.48. The average molecular weight is 334 g/mol. The van der Waals surface area contributed by atoms with E-state index in [4.69, 9.17) is 0 Å². The fourth-order valence-electron chi connectivity index (χ4n) is 6.44. The van der Waals surface area contributed by atoms with Crippen LogP contribution in [-0.4, -0.2) is 23.2 Å². The molecule has 4 aliphatic rings. The van der Waals surface area contributed by atoms with E-state index in [1.54, 1.807) is 0 Å². The van der Waals surface area contributed by atoms with E-state index in [2.05, 4.69) is 5.32 Å². The molecule has 6 unspecified atom stereocenters. The summed E-state index contributed by atoms with van der Waals surface area (Å²) in [5.74, 6) is 3.21. The smallest absolute Gasteiger partial charge is 0.225 e. The fourth-order valence-corrected chi connectivity index (χ4v) is 6.44. The summed E-state index contributed by atoms with van der Waals surface area (Å²) in [5.41, 5.74) is 0. The van der Waals surface area contributed by atoms with Crippen LogP contribution in [0.3, 0.4) is 0 Å². The summed E-state index contributed by atoms with van der Waals surface area (Å²) in [6.07, 6.45) is 15.8. The van der Waals surface area contributed by atoms with E-state index in [-0.39, 0.29) is 11.8 Å². The molecule has 3 heteroatoms. The Kier molecular flexibility index (Phi) is 5.17. The third-order valence-electron chi connectivity index (χ3n) is 7.80. The topological polar surface area (TPSA) is 49.3 Å². The number of aliphatic hydroxyl groups excluding tert-OH is 1. The lowest BCUT2D eigenvalue weighted by Crippen LogP contribution is -2.49. The van der Waals surface area contributed by atoms with Gasteiger partial charge in [-0.25, -0.2) is 0 Å². The molecule has 0 aromatic heterocycles. The van der Waals surface area contributed by atoms with Gasteiger partial charge < -0.3 is 10.4 Å². The lowest BCUT2D eigenvalue weighted by atomic mass is 9.58. The highest BCUT2D eigenvalue weighted by atomic mass is 16.3. The zero-order valence-electron chi connectivity index (χ0n) is 15.1. The maximum absolute atomic E-state index is 12.8. The molecule has 4 fully saturated rings. The Morgan fingerprint density at radius 3 is 1.96 bits per heavy atom. The number of carbonyl (C=O) groups is 1. The van der Waals surface area contributed by atoms with Gasteiger partial charge >= 0.3 is 0 Å². The monoisotopic (exact) mass is 333 g/mol. The summed E-state index contributed by atoms with van der Waals surface area (Å²) in [6.45, 7) is 0. The van der Waals surface area contributed by atoms with Crippen molar-refractivity contribution < 1.29 is 9.90 Å². The molecule has 3 nitrogen and oxygen atoms in total. The van der Waals surface area contributed by atoms with Crippen molar-refractivity contribution in [2.24, 2.45) is 29.6 Å². The average Bonchev–Trinajstić information content (AvgIpc) is 2.60. The molecule has 1 amide bonds. The normalized spacial score (nSPS) is 43.5. The van der Waals surface area contributed by atoms with Gasteiger partial charge in [0.25, 0.3) is 0 Å². The lowest BCUT2D eigenvalue weighted by molar-refractivity contribution is -0.135. The predicted molar refractivity (Wildman–Crippen MR) is 95.4 cm³/mol. The number of aliphatic hydroxyl groups is 1. The Balaban J connectivity index is 1.36. The Labute approximate surface area is 147 Å². The molecular weight excluding hydrogens is 298 g/mol. The summed E-state index contributed by atoms with van der Waals surface area (Å²) in [5, 5.41) is 13.9. The number of hydrogen-bond acceptors (Lipinski definition) is 2. The Bertz CT molecular complexity index is 445. The van der Waals surface area contributed by atoms with Gasteiger partial charge in [-0.15, -0.1) is 0 Å². The maximum atomic E-state index is 12.8. The van der Waals surface area contributed by atoms with Crippen molar-refractivity contribution in [3.8, 4) is 0 Å². The summed E-state index contributed by atoms with van der Waals surface area (Å²) in [7, 11) is 0. The molecule has 0 aromatic carbocycles. The molecule has 4 saturated carbocycles. The molecule has 4 aliphatic carbocycles. The van der Waals surface area contributed by atoms with Crippen LogP contribution in [0.4, 0.5) is 0 Å². The van der Waals surface area contributed by atoms with Crippen LogP contribution in [0.2, 0.25) is 0 Å². The van der Waals surface area contributed by atoms with Crippen molar-refractivity contribution >= 4 is 5.91 Å². The van der Waals surface area contributed by atoms with E-state index in [0.717, 1.165) is 37.5 Å². The van der Waals surface area contributed by atoms with Gasteiger partial charge in [0.1, 0.15) is 0 Å². The molecule has 6 atom stereocenters. The highest BCUT2D eigenvalue weighted by Crippen LogP contribution is 2.51. The molecule has 0 aliphatic heterocycles. The van der Waals surface area contributed by atoms with Gasteiger partial charge in [0, 0.05) is 6.04 Å². The van der Waals surface area contributed by atoms with Crippen LogP contribution in [0.25, 0.3) is 0 Å². The van der Waals surface area contributed by atoms with E-state index in [0.29, 0.717) is 17.9 Å². The number of fused-ring (bicyclic) bond motifs is 2. The summed E-state index contributed by atoms with van der Waals surface area (Å²) < 4.78 is 0. The molecular formula is C21H35NO2. The van der Waals surface area contributed by atoms with Crippen molar-refractivity contribution in [2.75, 3.05) is 0 Å². The maximum Gasteiger partial charge on any atom is 0.225 e. The highest BCUT2D eigenvalue weighted by molar-refractivity contribution is 5.79. The zero-order valence-corrected chi connectivity index (χ0v) is 15.1.